The number of benzene rings is 1. The molecule has 1 fully saturated rings. The normalized spacial score (nSPS) is 18.6. The first kappa shape index (κ1) is 13.9. The van der Waals surface area contributed by atoms with Gasteiger partial charge in [-0.25, -0.2) is 0 Å². The van der Waals surface area contributed by atoms with Gasteiger partial charge < -0.3 is 15.2 Å². The molecule has 4 nitrogen and oxygen atoms in total. The number of carbonyl (C=O) groups is 1. The van der Waals surface area contributed by atoms with E-state index in [9.17, 15) is 4.79 Å². The zero-order chi connectivity index (χ0) is 12.5. The summed E-state index contributed by atoms with van der Waals surface area (Å²) >= 11 is 0. The number of para-hydroxylation sites is 1. The van der Waals surface area contributed by atoms with Crippen molar-refractivity contribution in [2.45, 2.75) is 12.5 Å². The van der Waals surface area contributed by atoms with Crippen LogP contribution in [-0.2, 0) is 0 Å². The number of likely N-dealkylation sites (tertiary alicyclic amines) is 1. The van der Waals surface area contributed by atoms with Crippen LogP contribution in [0, 0.1) is 0 Å². The fourth-order valence-corrected chi connectivity index (χ4v) is 2.54. The summed E-state index contributed by atoms with van der Waals surface area (Å²) in [5.41, 5.74) is 1.71. The molecular weight excluding hydrogens is 262 g/mol. The summed E-state index contributed by atoms with van der Waals surface area (Å²) in [6.07, 6.45) is 1.03. The van der Waals surface area contributed by atoms with Crippen molar-refractivity contribution in [3.05, 3.63) is 36.0 Å². The van der Waals surface area contributed by atoms with Crippen LogP contribution < -0.4 is 5.32 Å². The lowest BCUT2D eigenvalue weighted by molar-refractivity contribution is 0.0785. The predicted octanol–water partition coefficient (Wildman–Crippen LogP) is 2.02. The van der Waals surface area contributed by atoms with E-state index in [0.29, 0.717) is 11.7 Å². The smallest absolute Gasteiger partial charge is 0.270 e. The van der Waals surface area contributed by atoms with Gasteiger partial charge in [0, 0.05) is 30.0 Å². The second kappa shape index (κ2) is 5.63. The minimum Gasteiger partial charge on any atom is -0.351 e. The van der Waals surface area contributed by atoms with Crippen molar-refractivity contribution in [2.75, 3.05) is 20.1 Å². The molecule has 1 amide bonds. The van der Waals surface area contributed by atoms with Crippen LogP contribution in [0.5, 0.6) is 0 Å². The molecule has 1 saturated heterocycles. The van der Waals surface area contributed by atoms with Crippen LogP contribution in [-0.4, -0.2) is 42.0 Å². The highest BCUT2D eigenvalue weighted by Crippen LogP contribution is 2.18. The summed E-state index contributed by atoms with van der Waals surface area (Å²) < 4.78 is 0. The molecule has 19 heavy (non-hydrogen) atoms. The Bertz CT molecular complexity index is 548. The molecule has 1 aliphatic rings. The monoisotopic (exact) mass is 279 g/mol. The molecule has 1 atom stereocenters. The summed E-state index contributed by atoms with van der Waals surface area (Å²) in [4.78, 5) is 17.4. The van der Waals surface area contributed by atoms with E-state index in [1.165, 1.54) is 0 Å². The molecule has 0 bridgehead atoms. The van der Waals surface area contributed by atoms with Crippen LogP contribution in [0.15, 0.2) is 30.3 Å². The quantitative estimate of drug-likeness (QED) is 0.884. The average molecular weight is 280 g/mol. The molecule has 2 heterocycles. The lowest BCUT2D eigenvalue weighted by Gasteiger charge is -2.15. The zero-order valence-electron chi connectivity index (χ0n) is 10.8. The summed E-state index contributed by atoms with van der Waals surface area (Å²) in [6, 6.07) is 10.3. The maximum absolute atomic E-state index is 12.3. The molecule has 0 unspecified atom stereocenters. The van der Waals surface area contributed by atoms with E-state index in [-0.39, 0.29) is 18.3 Å². The largest absolute Gasteiger partial charge is 0.351 e. The molecule has 102 valence electrons. The summed E-state index contributed by atoms with van der Waals surface area (Å²) in [5.74, 6) is 0.101. The number of fused-ring (bicyclic) bond motifs is 1. The lowest BCUT2D eigenvalue weighted by Crippen LogP contribution is -2.33. The van der Waals surface area contributed by atoms with E-state index < -0.39 is 0 Å². The molecule has 5 heteroatoms. The Labute approximate surface area is 118 Å². The van der Waals surface area contributed by atoms with Gasteiger partial charge in [-0.1, -0.05) is 18.2 Å². The van der Waals surface area contributed by atoms with Crippen molar-refractivity contribution in [1.29, 1.82) is 0 Å². The summed E-state index contributed by atoms with van der Waals surface area (Å²) in [6.45, 7) is 1.63. The number of likely N-dealkylation sites (N-methyl/N-ethyl adjacent to an activating group) is 1. The van der Waals surface area contributed by atoms with Gasteiger partial charge in [0.25, 0.3) is 5.91 Å². The molecule has 0 aliphatic carbocycles. The Hall–Kier alpha value is -1.52. The summed E-state index contributed by atoms with van der Waals surface area (Å²) in [7, 11) is 1.95. The first-order valence-electron chi connectivity index (χ1n) is 6.32. The van der Waals surface area contributed by atoms with Crippen molar-refractivity contribution in [1.82, 2.24) is 15.2 Å². The Morgan fingerprint density at radius 2 is 2.21 bits per heavy atom. The van der Waals surface area contributed by atoms with Gasteiger partial charge in [0.1, 0.15) is 5.69 Å². The van der Waals surface area contributed by atoms with Crippen LogP contribution in [0.25, 0.3) is 10.9 Å². The molecule has 0 saturated carbocycles. The van der Waals surface area contributed by atoms with E-state index >= 15 is 0 Å². The third-order valence-electron chi connectivity index (χ3n) is 3.64. The second-order valence-corrected chi connectivity index (χ2v) is 4.80. The number of halogens is 1. The number of nitrogens with zero attached hydrogens (tertiary/aromatic N) is 1. The zero-order valence-corrected chi connectivity index (χ0v) is 11.7. The van der Waals surface area contributed by atoms with Crippen LogP contribution in [0.4, 0.5) is 0 Å². The fraction of sp³-hybridized carbons (Fsp3) is 0.357. The number of nitrogens with one attached hydrogen (secondary N) is 2. The number of H-pyrrole nitrogens is 1. The maximum Gasteiger partial charge on any atom is 0.270 e. The first-order chi connectivity index (χ1) is 8.78. The van der Waals surface area contributed by atoms with Gasteiger partial charge >= 0.3 is 0 Å². The van der Waals surface area contributed by atoms with E-state index in [1.54, 1.807) is 0 Å². The van der Waals surface area contributed by atoms with Crippen molar-refractivity contribution in [3.8, 4) is 0 Å². The van der Waals surface area contributed by atoms with E-state index in [1.807, 2.05) is 42.3 Å². The highest BCUT2D eigenvalue weighted by atomic mass is 35.5. The van der Waals surface area contributed by atoms with Crippen molar-refractivity contribution >= 4 is 29.2 Å². The molecule has 2 N–H and O–H groups in total. The first-order valence-corrected chi connectivity index (χ1v) is 6.32. The highest BCUT2D eigenvalue weighted by Gasteiger charge is 2.26. The Morgan fingerprint density at radius 3 is 2.89 bits per heavy atom. The molecule has 0 spiro atoms. The molecule has 0 radical (unpaired) electrons. The van der Waals surface area contributed by atoms with Crippen LogP contribution in [0.2, 0.25) is 0 Å². The molecule has 1 aromatic carbocycles. The molecule has 1 aromatic heterocycles. The van der Waals surface area contributed by atoms with Gasteiger partial charge in [-0.05, 0) is 25.6 Å². The van der Waals surface area contributed by atoms with Crippen LogP contribution >= 0.6 is 12.4 Å². The van der Waals surface area contributed by atoms with E-state index in [4.69, 9.17) is 0 Å². The molecule has 1 aliphatic heterocycles. The van der Waals surface area contributed by atoms with E-state index in [2.05, 4.69) is 10.3 Å². The Kier molecular flexibility index (Phi) is 4.12. The van der Waals surface area contributed by atoms with Gasteiger partial charge in [-0.3, -0.25) is 4.79 Å². The number of hydrogen-bond donors (Lipinski definition) is 2. The number of carbonyl (C=O) groups excluding carboxylic acids is 1. The number of aromatic amines is 1. The number of amides is 1. The lowest BCUT2D eigenvalue weighted by atomic mass is 10.2. The third kappa shape index (κ3) is 2.60. The predicted molar refractivity (Wildman–Crippen MR) is 78.9 cm³/mol. The molecular formula is C14H18ClN3O. The Morgan fingerprint density at radius 1 is 1.42 bits per heavy atom. The number of aromatic nitrogens is 1. The minimum atomic E-state index is 0. The van der Waals surface area contributed by atoms with Crippen molar-refractivity contribution < 1.29 is 4.79 Å². The highest BCUT2D eigenvalue weighted by molar-refractivity contribution is 5.98. The number of hydrogen-bond acceptors (Lipinski definition) is 2. The fourth-order valence-electron chi connectivity index (χ4n) is 2.54. The molecule has 2 aromatic rings. The minimum absolute atomic E-state index is 0. The standard InChI is InChI=1S/C14H17N3O.ClH/c1-15-11-6-7-17(9-11)14(18)13-8-10-4-2-3-5-12(10)16-13;/h2-5,8,11,15-16H,6-7,9H2,1H3;1H/t11-;/m1./s1. The van der Waals surface area contributed by atoms with E-state index in [0.717, 1.165) is 30.4 Å². The number of rotatable bonds is 2. The molecule has 3 rings (SSSR count). The van der Waals surface area contributed by atoms with Gasteiger partial charge in [0.15, 0.2) is 0 Å². The summed E-state index contributed by atoms with van der Waals surface area (Å²) in [5, 5.41) is 4.31. The second-order valence-electron chi connectivity index (χ2n) is 4.80. The Balaban J connectivity index is 0.00000133. The van der Waals surface area contributed by atoms with Crippen molar-refractivity contribution in [3.63, 3.8) is 0 Å². The van der Waals surface area contributed by atoms with Crippen molar-refractivity contribution in [2.24, 2.45) is 0 Å². The van der Waals surface area contributed by atoms with Crippen LogP contribution in [0.1, 0.15) is 16.9 Å². The van der Waals surface area contributed by atoms with Gasteiger partial charge in [0.05, 0.1) is 0 Å². The van der Waals surface area contributed by atoms with Gasteiger partial charge in [-0.15, -0.1) is 12.4 Å². The topological polar surface area (TPSA) is 48.1 Å². The van der Waals surface area contributed by atoms with Gasteiger partial charge in [-0.2, -0.15) is 0 Å². The van der Waals surface area contributed by atoms with Crippen LogP contribution in [0.3, 0.4) is 0 Å². The maximum atomic E-state index is 12.3. The van der Waals surface area contributed by atoms with Gasteiger partial charge in [0.2, 0.25) is 0 Å². The average Bonchev–Trinajstić information content (AvgIpc) is 3.04. The SMILES string of the molecule is CN[C@@H]1CCN(C(=O)c2cc3ccccc3[nH]2)C1.Cl. The third-order valence-corrected chi connectivity index (χ3v) is 3.64.